The molecule has 0 aliphatic rings. The van der Waals surface area contributed by atoms with E-state index in [1.165, 1.54) is 13.2 Å². The van der Waals surface area contributed by atoms with Gasteiger partial charge in [0.15, 0.2) is 5.58 Å². The molecule has 1 amide bonds. The molecule has 0 saturated heterocycles. The second-order valence-corrected chi connectivity index (χ2v) is 8.27. The standard InChI is InChI=1S/C24H17Cl3N2O3/c1-13-3-7-21-20(9-13)29-24(32-21)17-12-16(5-6-18(17)26)28-22(30)8-4-14-10-15(25)11-19(27)23(14)31-2/h3-12H,1-2H3,(H,28,30)/b8-4+. The van der Waals surface area contributed by atoms with Crippen molar-refractivity contribution >= 4 is 63.6 Å². The first-order valence-corrected chi connectivity index (χ1v) is 10.7. The fraction of sp³-hybridized carbons (Fsp3) is 0.0833. The molecule has 32 heavy (non-hydrogen) atoms. The quantitative estimate of drug-likeness (QED) is 0.297. The van der Waals surface area contributed by atoms with Gasteiger partial charge in [0.25, 0.3) is 0 Å². The van der Waals surface area contributed by atoms with Crippen molar-refractivity contribution in [3.05, 3.63) is 80.8 Å². The molecule has 0 spiro atoms. The Balaban J connectivity index is 1.57. The molecule has 8 heteroatoms. The van der Waals surface area contributed by atoms with Crippen molar-refractivity contribution in [2.24, 2.45) is 0 Å². The van der Waals surface area contributed by atoms with Crippen molar-refractivity contribution in [2.45, 2.75) is 6.92 Å². The predicted octanol–water partition coefficient (Wildman–Crippen LogP) is 7.42. The Morgan fingerprint density at radius 2 is 1.88 bits per heavy atom. The Hall–Kier alpha value is -2.99. The molecule has 0 fully saturated rings. The van der Waals surface area contributed by atoms with Crippen molar-refractivity contribution in [1.29, 1.82) is 0 Å². The summed E-state index contributed by atoms with van der Waals surface area (Å²) in [5.41, 5.74) is 4.17. The molecule has 0 radical (unpaired) electrons. The fourth-order valence-electron chi connectivity index (χ4n) is 3.19. The van der Waals surface area contributed by atoms with E-state index in [1.807, 2.05) is 25.1 Å². The van der Waals surface area contributed by atoms with Crippen molar-refractivity contribution in [3.63, 3.8) is 0 Å². The van der Waals surface area contributed by atoms with Gasteiger partial charge in [-0.15, -0.1) is 0 Å². The molecule has 0 unspecified atom stereocenters. The molecule has 1 N–H and O–H groups in total. The number of nitrogens with zero attached hydrogens (tertiary/aromatic N) is 1. The normalized spacial score (nSPS) is 11.3. The molecule has 3 aromatic carbocycles. The molecule has 1 heterocycles. The average molecular weight is 488 g/mol. The van der Waals surface area contributed by atoms with Crippen LogP contribution in [-0.4, -0.2) is 18.0 Å². The highest BCUT2D eigenvalue weighted by atomic mass is 35.5. The summed E-state index contributed by atoms with van der Waals surface area (Å²) in [7, 11) is 1.50. The van der Waals surface area contributed by atoms with Crippen LogP contribution in [0.25, 0.3) is 28.6 Å². The van der Waals surface area contributed by atoms with Crippen LogP contribution in [0.2, 0.25) is 15.1 Å². The molecule has 0 aliphatic heterocycles. The number of hydrogen-bond donors (Lipinski definition) is 1. The number of aromatic nitrogens is 1. The van der Waals surface area contributed by atoms with Crippen LogP contribution in [0.5, 0.6) is 5.75 Å². The Labute approximate surface area is 199 Å². The molecule has 0 bridgehead atoms. The van der Waals surface area contributed by atoms with Crippen molar-refractivity contribution in [2.75, 3.05) is 12.4 Å². The number of benzene rings is 3. The summed E-state index contributed by atoms with van der Waals surface area (Å²) < 4.78 is 11.1. The second kappa shape index (κ2) is 9.25. The largest absolute Gasteiger partial charge is 0.495 e. The predicted molar refractivity (Wildman–Crippen MR) is 130 cm³/mol. The maximum absolute atomic E-state index is 12.5. The van der Waals surface area contributed by atoms with E-state index in [0.29, 0.717) is 49.1 Å². The number of carbonyl (C=O) groups is 1. The summed E-state index contributed by atoms with van der Waals surface area (Å²) in [4.78, 5) is 17.0. The van der Waals surface area contributed by atoms with Crippen LogP contribution < -0.4 is 10.1 Å². The van der Waals surface area contributed by atoms with Gasteiger partial charge in [0.2, 0.25) is 11.8 Å². The third kappa shape index (κ3) is 4.75. The van der Waals surface area contributed by atoms with Gasteiger partial charge in [0.05, 0.1) is 22.7 Å². The van der Waals surface area contributed by atoms with Gasteiger partial charge in [-0.3, -0.25) is 4.79 Å². The minimum Gasteiger partial charge on any atom is -0.495 e. The van der Waals surface area contributed by atoms with Gasteiger partial charge in [-0.25, -0.2) is 4.98 Å². The fourth-order valence-corrected chi connectivity index (χ4v) is 3.97. The van der Waals surface area contributed by atoms with E-state index in [0.717, 1.165) is 11.1 Å². The molecule has 1 aromatic heterocycles. The first-order valence-electron chi connectivity index (χ1n) is 9.53. The van der Waals surface area contributed by atoms with Crippen molar-refractivity contribution in [1.82, 2.24) is 4.98 Å². The van der Waals surface area contributed by atoms with E-state index in [2.05, 4.69) is 10.3 Å². The number of fused-ring (bicyclic) bond motifs is 1. The van der Waals surface area contributed by atoms with E-state index >= 15 is 0 Å². The van der Waals surface area contributed by atoms with Crippen molar-refractivity contribution < 1.29 is 13.9 Å². The first-order chi connectivity index (χ1) is 15.3. The van der Waals surface area contributed by atoms with E-state index in [-0.39, 0.29) is 5.91 Å². The lowest BCUT2D eigenvalue weighted by atomic mass is 10.1. The number of rotatable bonds is 5. The summed E-state index contributed by atoms with van der Waals surface area (Å²) in [5, 5.41) is 4.05. The van der Waals surface area contributed by atoms with Gasteiger partial charge < -0.3 is 14.5 Å². The molecule has 0 aliphatic carbocycles. The van der Waals surface area contributed by atoms with Crippen LogP contribution in [0, 0.1) is 6.92 Å². The Morgan fingerprint density at radius 1 is 1.06 bits per heavy atom. The average Bonchev–Trinajstić information content (AvgIpc) is 3.16. The molecule has 0 saturated carbocycles. The number of hydrogen-bond acceptors (Lipinski definition) is 4. The van der Waals surface area contributed by atoms with Crippen LogP contribution in [0.3, 0.4) is 0 Å². The minimum atomic E-state index is -0.357. The maximum Gasteiger partial charge on any atom is 0.248 e. The summed E-state index contributed by atoms with van der Waals surface area (Å²) in [5.74, 6) is 0.449. The van der Waals surface area contributed by atoms with Crippen LogP contribution in [0.1, 0.15) is 11.1 Å². The lowest BCUT2D eigenvalue weighted by Gasteiger charge is -2.08. The molecule has 162 valence electrons. The van der Waals surface area contributed by atoms with Crippen LogP contribution in [0.15, 0.2) is 59.0 Å². The Morgan fingerprint density at radius 3 is 2.66 bits per heavy atom. The molecule has 4 aromatic rings. The number of ether oxygens (including phenoxy) is 1. The third-order valence-electron chi connectivity index (χ3n) is 4.66. The Kier molecular flexibility index (Phi) is 6.42. The molecule has 0 atom stereocenters. The Bertz CT molecular complexity index is 1360. The summed E-state index contributed by atoms with van der Waals surface area (Å²) >= 11 is 18.6. The highest BCUT2D eigenvalue weighted by Gasteiger charge is 2.14. The molecule has 4 rings (SSSR count). The van der Waals surface area contributed by atoms with E-state index in [1.54, 1.807) is 36.4 Å². The second-order valence-electron chi connectivity index (χ2n) is 7.02. The van der Waals surface area contributed by atoms with Crippen LogP contribution in [-0.2, 0) is 4.79 Å². The van der Waals surface area contributed by atoms with Crippen molar-refractivity contribution in [3.8, 4) is 17.2 Å². The molecular weight excluding hydrogens is 471 g/mol. The SMILES string of the molecule is COc1c(Cl)cc(Cl)cc1/C=C/C(=O)Nc1ccc(Cl)c(-c2nc3cc(C)ccc3o2)c1. The number of anilines is 1. The van der Waals surface area contributed by atoms with Gasteiger partial charge in [-0.2, -0.15) is 0 Å². The van der Waals surface area contributed by atoms with Gasteiger partial charge in [-0.05, 0) is 61.0 Å². The van der Waals surface area contributed by atoms with E-state index in [4.69, 9.17) is 44.0 Å². The number of carbonyl (C=O) groups excluding carboxylic acids is 1. The number of nitrogens with one attached hydrogen (secondary N) is 1. The monoisotopic (exact) mass is 486 g/mol. The maximum atomic E-state index is 12.5. The number of aryl methyl sites for hydroxylation is 1. The molecule has 5 nitrogen and oxygen atoms in total. The smallest absolute Gasteiger partial charge is 0.248 e. The highest BCUT2D eigenvalue weighted by molar-refractivity contribution is 6.36. The lowest BCUT2D eigenvalue weighted by Crippen LogP contribution is -2.07. The van der Waals surface area contributed by atoms with Crippen LogP contribution in [0.4, 0.5) is 5.69 Å². The zero-order valence-electron chi connectivity index (χ0n) is 17.1. The van der Waals surface area contributed by atoms with Gasteiger partial charge in [-0.1, -0.05) is 40.9 Å². The zero-order valence-corrected chi connectivity index (χ0v) is 19.3. The number of oxazole rings is 1. The summed E-state index contributed by atoms with van der Waals surface area (Å²) in [6, 6.07) is 14.1. The number of halogens is 3. The zero-order chi connectivity index (χ0) is 22.8. The van der Waals surface area contributed by atoms with Gasteiger partial charge in [0.1, 0.15) is 11.3 Å². The van der Waals surface area contributed by atoms with Gasteiger partial charge in [0, 0.05) is 22.3 Å². The van der Waals surface area contributed by atoms with Crippen LogP contribution >= 0.6 is 34.8 Å². The minimum absolute atomic E-state index is 0.357. The summed E-state index contributed by atoms with van der Waals surface area (Å²) in [6.45, 7) is 1.98. The number of methoxy groups -OCH3 is 1. The third-order valence-corrected chi connectivity index (χ3v) is 5.49. The van der Waals surface area contributed by atoms with Gasteiger partial charge >= 0.3 is 0 Å². The molecular formula is C24H17Cl3N2O3. The highest BCUT2D eigenvalue weighted by Crippen LogP contribution is 2.34. The lowest BCUT2D eigenvalue weighted by molar-refractivity contribution is -0.111. The van der Waals surface area contributed by atoms with E-state index in [9.17, 15) is 4.79 Å². The van der Waals surface area contributed by atoms with E-state index < -0.39 is 0 Å². The number of amides is 1. The topological polar surface area (TPSA) is 64.4 Å². The first kappa shape index (κ1) is 22.2. The summed E-state index contributed by atoms with van der Waals surface area (Å²) in [6.07, 6.45) is 2.94.